The number of fused-ring (bicyclic) bond motifs is 2. The zero-order chi connectivity index (χ0) is 25.2. The van der Waals surface area contributed by atoms with Crippen molar-refractivity contribution in [2.45, 2.75) is 61.4 Å². The van der Waals surface area contributed by atoms with Gasteiger partial charge in [-0.25, -0.2) is 0 Å². The lowest BCUT2D eigenvalue weighted by molar-refractivity contribution is -0.118. The molecule has 1 aromatic heterocycles. The van der Waals surface area contributed by atoms with Crippen molar-refractivity contribution in [2.75, 3.05) is 10.2 Å². The minimum Gasteiger partial charge on any atom is -0.459 e. The maximum absolute atomic E-state index is 13.6. The monoisotopic (exact) mass is 503 g/mol. The van der Waals surface area contributed by atoms with E-state index in [0.29, 0.717) is 11.3 Å². The van der Waals surface area contributed by atoms with Gasteiger partial charge in [-0.2, -0.15) is 0 Å². The van der Waals surface area contributed by atoms with Crippen LogP contribution in [-0.2, 0) is 4.79 Å². The molecule has 0 bridgehead atoms. The smallest absolute Gasteiger partial charge is 0.287 e. The summed E-state index contributed by atoms with van der Waals surface area (Å²) in [6.07, 6.45) is 5.63. The second-order valence-corrected chi connectivity index (χ2v) is 10.6. The predicted molar refractivity (Wildman–Crippen MR) is 140 cm³/mol. The van der Waals surface area contributed by atoms with Crippen LogP contribution in [0.25, 0.3) is 0 Å². The molecule has 0 unspecified atom stereocenters. The van der Waals surface area contributed by atoms with Gasteiger partial charge in [-0.15, -0.1) is 0 Å². The Labute approximate surface area is 214 Å². The molecular formula is C28H29N3O4S. The van der Waals surface area contributed by atoms with Crippen LogP contribution in [0.1, 0.15) is 60.4 Å². The second kappa shape index (κ2) is 10.2. The molecule has 7 nitrogen and oxygen atoms in total. The highest BCUT2D eigenvalue weighted by molar-refractivity contribution is 7.99. The maximum atomic E-state index is 13.6. The summed E-state index contributed by atoms with van der Waals surface area (Å²) in [6, 6.07) is 16.0. The zero-order valence-electron chi connectivity index (χ0n) is 20.3. The lowest BCUT2D eigenvalue weighted by Gasteiger charge is -2.29. The molecule has 2 aromatic carbocycles. The Kier molecular flexibility index (Phi) is 6.87. The number of hydrogen-bond donors (Lipinski definition) is 2. The van der Waals surface area contributed by atoms with E-state index in [1.165, 1.54) is 18.0 Å². The van der Waals surface area contributed by atoms with Crippen LogP contribution < -0.4 is 15.5 Å². The van der Waals surface area contributed by atoms with Crippen molar-refractivity contribution < 1.29 is 18.8 Å². The highest BCUT2D eigenvalue weighted by Crippen LogP contribution is 2.44. The Morgan fingerprint density at radius 2 is 1.81 bits per heavy atom. The average Bonchev–Trinajstić information content (AvgIpc) is 3.57. The van der Waals surface area contributed by atoms with Crippen molar-refractivity contribution in [3.05, 3.63) is 72.2 Å². The molecule has 1 fully saturated rings. The van der Waals surface area contributed by atoms with E-state index in [9.17, 15) is 14.4 Å². The number of hydrogen-bond acceptors (Lipinski definition) is 5. The molecule has 2 heterocycles. The third-order valence-electron chi connectivity index (χ3n) is 6.71. The summed E-state index contributed by atoms with van der Waals surface area (Å²) in [4.78, 5) is 43.1. The van der Waals surface area contributed by atoms with Gasteiger partial charge in [-0.05, 0) is 61.2 Å². The molecule has 3 amide bonds. The van der Waals surface area contributed by atoms with Crippen LogP contribution in [-0.4, -0.2) is 29.8 Å². The molecule has 3 aromatic rings. The Morgan fingerprint density at radius 1 is 1.03 bits per heavy atom. The molecule has 1 atom stereocenters. The molecule has 0 saturated heterocycles. The number of anilines is 2. The van der Waals surface area contributed by atoms with Crippen LogP contribution >= 0.6 is 11.8 Å². The molecule has 1 aliphatic carbocycles. The van der Waals surface area contributed by atoms with Gasteiger partial charge < -0.3 is 20.0 Å². The van der Waals surface area contributed by atoms with Crippen LogP contribution in [0.4, 0.5) is 11.4 Å². The Bertz CT molecular complexity index is 1280. The number of rotatable bonds is 6. The fourth-order valence-corrected chi connectivity index (χ4v) is 5.97. The average molecular weight is 504 g/mol. The summed E-state index contributed by atoms with van der Waals surface area (Å²) < 4.78 is 5.16. The summed E-state index contributed by atoms with van der Waals surface area (Å²) in [6.45, 7) is 3.75. The third kappa shape index (κ3) is 4.78. The zero-order valence-corrected chi connectivity index (χ0v) is 21.1. The molecule has 1 aliphatic heterocycles. The number of benzene rings is 2. The first kappa shape index (κ1) is 24.2. The summed E-state index contributed by atoms with van der Waals surface area (Å²) in [7, 11) is 0. The lowest BCUT2D eigenvalue weighted by Crippen LogP contribution is -2.47. The highest BCUT2D eigenvalue weighted by Gasteiger charge is 2.34. The van der Waals surface area contributed by atoms with Crippen LogP contribution in [0, 0.1) is 5.92 Å². The second-order valence-electron chi connectivity index (χ2n) is 9.56. The minimum atomic E-state index is -0.744. The first-order valence-electron chi connectivity index (χ1n) is 12.3. The summed E-state index contributed by atoms with van der Waals surface area (Å²) in [5.41, 5.74) is 2.19. The number of carbonyl (C=O) groups is 3. The van der Waals surface area contributed by atoms with Gasteiger partial charge in [-0.3, -0.25) is 14.4 Å². The summed E-state index contributed by atoms with van der Waals surface area (Å²) >= 11 is 1.54. The van der Waals surface area contributed by atoms with Crippen molar-refractivity contribution >= 4 is 40.9 Å². The molecular weight excluding hydrogens is 474 g/mol. The molecule has 8 heteroatoms. The lowest BCUT2D eigenvalue weighted by atomic mass is 10.0. The van der Waals surface area contributed by atoms with Gasteiger partial charge >= 0.3 is 0 Å². The Balaban J connectivity index is 1.42. The van der Waals surface area contributed by atoms with E-state index < -0.39 is 11.9 Å². The van der Waals surface area contributed by atoms with Gasteiger partial charge in [0.15, 0.2) is 5.76 Å². The molecule has 2 N–H and O–H groups in total. The van der Waals surface area contributed by atoms with E-state index in [0.717, 1.165) is 41.2 Å². The standard InChI is InChI=1S/C28H29N3O4S/c1-17(2)25(30-26(32)22-11-7-15-35-22)27(33)29-18-13-14-21-24(16-18)36-23-12-6-5-10-20(23)28(34)31(21)19-8-3-4-9-19/h5-7,10-17,19,25H,3-4,8-9H2,1-2H3,(H,29,33)(H,30,32)/t25-/m0/s1. The number of amides is 3. The van der Waals surface area contributed by atoms with Crippen molar-refractivity contribution in [1.82, 2.24) is 5.32 Å². The summed E-state index contributed by atoms with van der Waals surface area (Å²) in [5, 5.41) is 5.73. The van der Waals surface area contributed by atoms with E-state index >= 15 is 0 Å². The van der Waals surface area contributed by atoms with Crippen LogP contribution in [0.2, 0.25) is 0 Å². The normalized spacial score (nSPS) is 16.3. The number of carbonyl (C=O) groups excluding carboxylic acids is 3. The topological polar surface area (TPSA) is 91.6 Å². The van der Waals surface area contributed by atoms with E-state index in [4.69, 9.17) is 4.42 Å². The van der Waals surface area contributed by atoms with Gasteiger partial charge in [-0.1, -0.05) is 50.6 Å². The minimum absolute atomic E-state index is 0.0287. The molecule has 36 heavy (non-hydrogen) atoms. The Morgan fingerprint density at radius 3 is 2.53 bits per heavy atom. The fraction of sp³-hybridized carbons (Fsp3) is 0.321. The highest BCUT2D eigenvalue weighted by atomic mass is 32.2. The van der Waals surface area contributed by atoms with Gasteiger partial charge in [0.2, 0.25) is 5.91 Å². The molecule has 0 radical (unpaired) electrons. The molecule has 0 spiro atoms. The van der Waals surface area contributed by atoms with E-state index in [1.54, 1.807) is 12.1 Å². The molecule has 186 valence electrons. The maximum Gasteiger partial charge on any atom is 0.287 e. The Hall–Kier alpha value is -3.52. The van der Waals surface area contributed by atoms with Crippen molar-refractivity contribution in [2.24, 2.45) is 5.92 Å². The predicted octanol–water partition coefficient (Wildman–Crippen LogP) is 5.73. The van der Waals surface area contributed by atoms with Gasteiger partial charge in [0, 0.05) is 21.5 Å². The van der Waals surface area contributed by atoms with Crippen LogP contribution in [0.5, 0.6) is 0 Å². The number of nitrogens with one attached hydrogen (secondary N) is 2. The largest absolute Gasteiger partial charge is 0.459 e. The quantitative estimate of drug-likeness (QED) is 0.448. The van der Waals surface area contributed by atoms with Crippen molar-refractivity contribution in [1.29, 1.82) is 0 Å². The van der Waals surface area contributed by atoms with Gasteiger partial charge in [0.1, 0.15) is 6.04 Å². The SMILES string of the molecule is CC(C)[C@H](NC(=O)c1ccco1)C(=O)Nc1ccc2c(c1)Sc1ccccc1C(=O)N2C1CCCC1. The first-order valence-corrected chi connectivity index (χ1v) is 13.1. The van der Waals surface area contributed by atoms with Crippen molar-refractivity contribution in [3.63, 3.8) is 0 Å². The molecule has 1 saturated carbocycles. The first-order chi connectivity index (χ1) is 17.4. The fourth-order valence-electron chi connectivity index (χ4n) is 4.86. The van der Waals surface area contributed by atoms with Crippen LogP contribution in [0.3, 0.4) is 0 Å². The van der Waals surface area contributed by atoms with E-state index in [2.05, 4.69) is 10.6 Å². The van der Waals surface area contributed by atoms with Gasteiger partial charge in [0.25, 0.3) is 11.8 Å². The number of nitrogens with zero attached hydrogens (tertiary/aromatic N) is 1. The van der Waals surface area contributed by atoms with Crippen molar-refractivity contribution in [3.8, 4) is 0 Å². The molecule has 5 rings (SSSR count). The van der Waals surface area contributed by atoms with E-state index in [1.807, 2.05) is 61.2 Å². The van der Waals surface area contributed by atoms with Crippen LogP contribution in [0.15, 0.2) is 75.1 Å². The van der Waals surface area contributed by atoms with Gasteiger partial charge in [0.05, 0.1) is 17.5 Å². The number of furan rings is 1. The molecule has 2 aliphatic rings. The third-order valence-corrected chi connectivity index (χ3v) is 7.84. The summed E-state index contributed by atoms with van der Waals surface area (Å²) in [5.74, 6) is -0.700. The van der Waals surface area contributed by atoms with E-state index in [-0.39, 0.29) is 29.5 Å².